The third kappa shape index (κ3) is 4.31. The summed E-state index contributed by atoms with van der Waals surface area (Å²) in [5.74, 6) is -0.266. The highest BCUT2D eigenvalue weighted by molar-refractivity contribution is 5.84. The minimum atomic E-state index is -0.266. The largest absolute Gasteiger partial charge is 0.206 e. The lowest BCUT2D eigenvalue weighted by Crippen LogP contribution is -1.90. The predicted octanol–water partition coefficient (Wildman–Crippen LogP) is 5.82. The van der Waals surface area contributed by atoms with E-state index >= 15 is 0 Å². The van der Waals surface area contributed by atoms with E-state index in [0.717, 1.165) is 23.1 Å². The van der Waals surface area contributed by atoms with Crippen LogP contribution in [-0.4, -0.2) is 12.4 Å². The molecule has 0 saturated heterocycles. The van der Waals surface area contributed by atoms with Crippen molar-refractivity contribution < 1.29 is 4.39 Å². The maximum absolute atomic E-state index is 14.4. The maximum atomic E-state index is 14.4. The van der Waals surface area contributed by atoms with Gasteiger partial charge in [-0.25, -0.2) is 4.39 Å². The molecule has 0 atom stereocenters. The molecule has 0 spiro atoms. The number of halogens is 1. The molecule has 3 rings (SSSR count). The molecule has 0 aliphatic rings. The highest BCUT2D eigenvalue weighted by Crippen LogP contribution is 2.23. The summed E-state index contributed by atoms with van der Waals surface area (Å²) < 4.78 is 14.4. The molecular formula is C23H21FN2. The van der Waals surface area contributed by atoms with E-state index in [-0.39, 0.29) is 5.82 Å². The van der Waals surface area contributed by atoms with Crippen molar-refractivity contribution in [2.24, 2.45) is 10.2 Å². The predicted molar refractivity (Wildman–Crippen MR) is 108 cm³/mol. The third-order valence-corrected chi connectivity index (χ3v) is 4.26. The number of benzene rings is 3. The SMILES string of the molecule is CCc1ccccc1C=NN=Cc1ccc(-c2ccc(C)cc2)c(F)c1. The molecule has 0 aliphatic carbocycles. The molecule has 3 aromatic carbocycles. The Morgan fingerprint density at radius 3 is 2.35 bits per heavy atom. The first-order valence-corrected chi connectivity index (χ1v) is 8.68. The summed E-state index contributed by atoms with van der Waals surface area (Å²) in [6.45, 7) is 4.12. The van der Waals surface area contributed by atoms with E-state index in [9.17, 15) is 4.39 Å². The van der Waals surface area contributed by atoms with Crippen molar-refractivity contribution in [2.45, 2.75) is 20.3 Å². The summed E-state index contributed by atoms with van der Waals surface area (Å²) in [6, 6.07) is 21.0. The Balaban J connectivity index is 1.74. The Kier molecular flexibility index (Phi) is 5.69. The third-order valence-electron chi connectivity index (χ3n) is 4.26. The van der Waals surface area contributed by atoms with Crippen molar-refractivity contribution in [3.8, 4) is 11.1 Å². The van der Waals surface area contributed by atoms with E-state index in [2.05, 4.69) is 23.2 Å². The summed E-state index contributed by atoms with van der Waals surface area (Å²) in [6.07, 6.45) is 4.23. The number of hydrogen-bond donors (Lipinski definition) is 0. The highest BCUT2D eigenvalue weighted by Gasteiger charge is 2.05. The van der Waals surface area contributed by atoms with E-state index in [0.29, 0.717) is 11.1 Å². The molecule has 0 amide bonds. The molecule has 0 aliphatic heterocycles. The summed E-state index contributed by atoms with van der Waals surface area (Å²) in [4.78, 5) is 0. The molecule has 0 radical (unpaired) electrons. The molecule has 0 heterocycles. The minimum absolute atomic E-state index is 0.266. The summed E-state index contributed by atoms with van der Waals surface area (Å²) in [7, 11) is 0. The fourth-order valence-corrected chi connectivity index (χ4v) is 2.76. The molecule has 0 N–H and O–H groups in total. The summed E-state index contributed by atoms with van der Waals surface area (Å²) >= 11 is 0. The fraction of sp³-hybridized carbons (Fsp3) is 0.130. The molecular weight excluding hydrogens is 323 g/mol. The van der Waals surface area contributed by atoms with Crippen LogP contribution < -0.4 is 0 Å². The van der Waals surface area contributed by atoms with Crippen molar-refractivity contribution >= 4 is 12.4 Å². The fourth-order valence-electron chi connectivity index (χ4n) is 2.76. The van der Waals surface area contributed by atoms with Gasteiger partial charge in [-0.2, -0.15) is 10.2 Å². The van der Waals surface area contributed by atoms with Crippen LogP contribution in [0.15, 0.2) is 76.9 Å². The van der Waals surface area contributed by atoms with Gasteiger partial charge in [-0.15, -0.1) is 0 Å². The summed E-state index contributed by atoms with van der Waals surface area (Å²) in [5.41, 5.74) is 5.56. The zero-order valence-corrected chi connectivity index (χ0v) is 15.0. The summed E-state index contributed by atoms with van der Waals surface area (Å²) in [5, 5.41) is 8.13. The van der Waals surface area contributed by atoms with Crippen molar-refractivity contribution in [3.05, 3.63) is 94.8 Å². The molecule has 3 heteroatoms. The second-order valence-electron chi connectivity index (χ2n) is 6.15. The van der Waals surface area contributed by atoms with E-state index in [1.807, 2.05) is 55.5 Å². The molecule has 130 valence electrons. The first-order chi connectivity index (χ1) is 12.7. The standard InChI is InChI=1S/C23H21FN2/c1-3-19-6-4-5-7-21(19)16-26-25-15-18-10-13-22(23(24)14-18)20-11-8-17(2)9-12-20/h4-16H,3H2,1-2H3. The Labute approximate surface area is 153 Å². The zero-order valence-electron chi connectivity index (χ0n) is 15.0. The van der Waals surface area contributed by atoms with Crippen LogP contribution in [0.2, 0.25) is 0 Å². The Morgan fingerprint density at radius 1 is 0.885 bits per heavy atom. The zero-order chi connectivity index (χ0) is 18.4. The lowest BCUT2D eigenvalue weighted by Gasteiger charge is -2.05. The average Bonchev–Trinajstić information content (AvgIpc) is 2.66. The lowest BCUT2D eigenvalue weighted by atomic mass is 10.0. The molecule has 0 unspecified atom stereocenters. The van der Waals surface area contributed by atoms with Crippen LogP contribution in [0, 0.1) is 12.7 Å². The average molecular weight is 344 g/mol. The van der Waals surface area contributed by atoms with Gasteiger partial charge in [0.25, 0.3) is 0 Å². The molecule has 26 heavy (non-hydrogen) atoms. The van der Waals surface area contributed by atoms with Gasteiger partial charge in [0.1, 0.15) is 5.82 Å². The topological polar surface area (TPSA) is 24.7 Å². The Hall–Kier alpha value is -3.07. The first kappa shape index (κ1) is 17.7. The smallest absolute Gasteiger partial charge is 0.131 e. The van der Waals surface area contributed by atoms with Crippen LogP contribution in [0.25, 0.3) is 11.1 Å². The van der Waals surface area contributed by atoms with Gasteiger partial charge in [0.2, 0.25) is 0 Å². The second kappa shape index (κ2) is 8.34. The van der Waals surface area contributed by atoms with Crippen LogP contribution in [0.1, 0.15) is 29.2 Å². The van der Waals surface area contributed by atoms with Crippen LogP contribution in [0.4, 0.5) is 4.39 Å². The van der Waals surface area contributed by atoms with Crippen LogP contribution in [-0.2, 0) is 6.42 Å². The van der Waals surface area contributed by atoms with Crippen LogP contribution in [0.3, 0.4) is 0 Å². The van der Waals surface area contributed by atoms with Crippen molar-refractivity contribution in [2.75, 3.05) is 0 Å². The normalized spacial score (nSPS) is 11.5. The molecule has 2 nitrogen and oxygen atoms in total. The van der Waals surface area contributed by atoms with E-state index in [1.165, 1.54) is 11.6 Å². The van der Waals surface area contributed by atoms with Crippen molar-refractivity contribution in [3.63, 3.8) is 0 Å². The van der Waals surface area contributed by atoms with E-state index < -0.39 is 0 Å². The van der Waals surface area contributed by atoms with Crippen molar-refractivity contribution in [1.29, 1.82) is 0 Å². The number of hydrogen-bond acceptors (Lipinski definition) is 2. The molecule has 0 aromatic heterocycles. The Morgan fingerprint density at radius 2 is 1.62 bits per heavy atom. The van der Waals surface area contributed by atoms with Gasteiger partial charge < -0.3 is 0 Å². The first-order valence-electron chi connectivity index (χ1n) is 8.68. The van der Waals surface area contributed by atoms with Crippen LogP contribution >= 0.6 is 0 Å². The van der Waals surface area contributed by atoms with Gasteiger partial charge in [0, 0.05) is 5.56 Å². The van der Waals surface area contributed by atoms with E-state index in [4.69, 9.17) is 0 Å². The number of nitrogens with zero attached hydrogens (tertiary/aromatic N) is 2. The number of rotatable bonds is 5. The van der Waals surface area contributed by atoms with Gasteiger partial charge in [0.15, 0.2) is 0 Å². The Bertz CT molecular complexity index is 941. The molecule has 3 aromatic rings. The van der Waals surface area contributed by atoms with Gasteiger partial charge >= 0.3 is 0 Å². The minimum Gasteiger partial charge on any atom is -0.206 e. The molecule has 0 saturated carbocycles. The molecule has 0 bridgehead atoms. The highest BCUT2D eigenvalue weighted by atomic mass is 19.1. The van der Waals surface area contributed by atoms with Gasteiger partial charge in [-0.3, -0.25) is 0 Å². The monoisotopic (exact) mass is 344 g/mol. The van der Waals surface area contributed by atoms with Gasteiger partial charge in [-0.05, 0) is 41.7 Å². The second-order valence-corrected chi connectivity index (χ2v) is 6.15. The van der Waals surface area contributed by atoms with Gasteiger partial charge in [0.05, 0.1) is 12.4 Å². The van der Waals surface area contributed by atoms with Gasteiger partial charge in [-0.1, -0.05) is 73.2 Å². The molecule has 0 fully saturated rings. The van der Waals surface area contributed by atoms with E-state index in [1.54, 1.807) is 18.5 Å². The maximum Gasteiger partial charge on any atom is 0.131 e. The van der Waals surface area contributed by atoms with Crippen LogP contribution in [0.5, 0.6) is 0 Å². The number of aryl methyl sites for hydroxylation is 2. The quantitative estimate of drug-likeness (QED) is 0.412. The lowest BCUT2D eigenvalue weighted by molar-refractivity contribution is 0.631. The van der Waals surface area contributed by atoms with Crippen molar-refractivity contribution in [1.82, 2.24) is 0 Å².